The number of likely N-dealkylation sites (tertiary alicyclic amines) is 1. The van der Waals surface area contributed by atoms with Crippen LogP contribution in [0.4, 0.5) is 24.5 Å². The van der Waals surface area contributed by atoms with Gasteiger partial charge in [-0.05, 0) is 54.7 Å². The summed E-state index contributed by atoms with van der Waals surface area (Å²) >= 11 is 1.47. The molecule has 3 aliphatic heterocycles. The van der Waals surface area contributed by atoms with Crippen LogP contribution >= 0.6 is 11.8 Å². The highest BCUT2D eigenvalue weighted by atomic mass is 32.2. The zero-order valence-electron chi connectivity index (χ0n) is 18.0. The molecule has 0 spiro atoms. The fourth-order valence-electron chi connectivity index (χ4n) is 4.78. The lowest BCUT2D eigenvalue weighted by Gasteiger charge is -2.35. The van der Waals surface area contributed by atoms with E-state index in [-0.39, 0.29) is 6.04 Å². The van der Waals surface area contributed by atoms with Crippen LogP contribution < -0.4 is 16.0 Å². The maximum atomic E-state index is 13.7. The zero-order valence-corrected chi connectivity index (χ0v) is 18.9. The Kier molecular flexibility index (Phi) is 6.03. The van der Waals surface area contributed by atoms with E-state index in [9.17, 15) is 13.2 Å². The van der Waals surface area contributed by atoms with Crippen molar-refractivity contribution in [2.45, 2.75) is 47.7 Å². The molecule has 5 rings (SSSR count). The third kappa shape index (κ3) is 4.45. The molecule has 8 heteroatoms. The Bertz CT molecular complexity index is 982. The molecule has 2 fully saturated rings. The van der Waals surface area contributed by atoms with Crippen LogP contribution in [0.25, 0.3) is 0 Å². The first kappa shape index (κ1) is 21.9. The minimum Gasteiger partial charge on any atom is -0.382 e. The summed E-state index contributed by atoms with van der Waals surface area (Å²) in [6, 6.07) is 9.25. The van der Waals surface area contributed by atoms with Gasteiger partial charge in [0.05, 0.1) is 5.56 Å². The minimum atomic E-state index is -4.36. The molecule has 32 heavy (non-hydrogen) atoms. The van der Waals surface area contributed by atoms with E-state index in [1.807, 2.05) is 0 Å². The monoisotopic (exact) mass is 462 g/mol. The molecule has 0 atom stereocenters. The standard InChI is InChI=1S/C24H29F3N4S/c25-24(26,27)17-13-21(29-18-4-9-30(10-5-18)11-6-28)20-12-16-2-3-19(31-7-1-8-31)15-22(16)32-23(20)14-17/h2-3,13-15,18,29H,1,4-12,28H2. The van der Waals surface area contributed by atoms with Crippen LogP contribution in [0, 0.1) is 0 Å². The van der Waals surface area contributed by atoms with Gasteiger partial charge in [-0.15, -0.1) is 0 Å². The molecule has 0 bridgehead atoms. The molecule has 0 amide bonds. The number of anilines is 2. The predicted octanol–water partition coefficient (Wildman–Crippen LogP) is 4.81. The summed E-state index contributed by atoms with van der Waals surface area (Å²) in [6.45, 7) is 5.46. The van der Waals surface area contributed by atoms with Crippen LogP contribution in [0.3, 0.4) is 0 Å². The van der Waals surface area contributed by atoms with Crippen molar-refractivity contribution in [2.75, 3.05) is 49.5 Å². The number of nitrogens with two attached hydrogens (primary N) is 1. The summed E-state index contributed by atoms with van der Waals surface area (Å²) in [5.74, 6) is 0. The first-order chi connectivity index (χ1) is 15.4. The Morgan fingerprint density at radius 2 is 1.81 bits per heavy atom. The molecule has 0 aliphatic carbocycles. The zero-order chi connectivity index (χ0) is 22.3. The Balaban J connectivity index is 1.42. The number of alkyl halides is 3. The summed E-state index contributed by atoms with van der Waals surface area (Å²) < 4.78 is 41.1. The average molecular weight is 463 g/mol. The fraction of sp³-hybridized carbons (Fsp3) is 0.500. The van der Waals surface area contributed by atoms with E-state index in [0.29, 0.717) is 18.7 Å². The normalized spacial score (nSPS) is 19.3. The van der Waals surface area contributed by atoms with Crippen LogP contribution in [-0.4, -0.2) is 50.2 Å². The molecule has 3 aliphatic rings. The molecule has 0 unspecified atom stereocenters. The molecular weight excluding hydrogens is 433 g/mol. The van der Waals surface area contributed by atoms with Gasteiger partial charge in [0.15, 0.2) is 0 Å². The maximum Gasteiger partial charge on any atom is 0.416 e. The van der Waals surface area contributed by atoms with Crippen molar-refractivity contribution in [1.29, 1.82) is 0 Å². The molecule has 2 aromatic rings. The van der Waals surface area contributed by atoms with Crippen molar-refractivity contribution < 1.29 is 13.2 Å². The van der Waals surface area contributed by atoms with E-state index in [0.717, 1.165) is 60.9 Å². The number of benzene rings is 2. The Labute approximate surface area is 191 Å². The second kappa shape index (κ2) is 8.80. The van der Waals surface area contributed by atoms with Gasteiger partial charge in [0.2, 0.25) is 0 Å². The maximum absolute atomic E-state index is 13.7. The average Bonchev–Trinajstić information content (AvgIpc) is 2.72. The molecule has 2 saturated heterocycles. The summed E-state index contributed by atoms with van der Waals surface area (Å²) in [5, 5.41) is 3.48. The van der Waals surface area contributed by atoms with Gasteiger partial charge in [0.25, 0.3) is 0 Å². The van der Waals surface area contributed by atoms with Gasteiger partial charge in [-0.2, -0.15) is 13.2 Å². The second-order valence-corrected chi connectivity index (χ2v) is 10.0. The van der Waals surface area contributed by atoms with Crippen molar-refractivity contribution >= 4 is 23.1 Å². The number of halogens is 3. The quantitative estimate of drug-likeness (QED) is 0.570. The van der Waals surface area contributed by atoms with Gasteiger partial charge in [0.1, 0.15) is 0 Å². The van der Waals surface area contributed by atoms with Gasteiger partial charge >= 0.3 is 6.18 Å². The van der Waals surface area contributed by atoms with Crippen LogP contribution in [0.1, 0.15) is 36.0 Å². The minimum absolute atomic E-state index is 0.178. The van der Waals surface area contributed by atoms with E-state index in [1.54, 1.807) is 0 Å². The summed E-state index contributed by atoms with van der Waals surface area (Å²) in [7, 11) is 0. The molecule has 3 N–H and O–H groups in total. The number of hydrogen-bond donors (Lipinski definition) is 2. The van der Waals surface area contributed by atoms with E-state index in [2.05, 4.69) is 33.3 Å². The van der Waals surface area contributed by atoms with Gasteiger partial charge in [-0.25, -0.2) is 0 Å². The molecule has 2 aromatic carbocycles. The van der Waals surface area contributed by atoms with Crippen molar-refractivity contribution in [3.63, 3.8) is 0 Å². The Morgan fingerprint density at radius 1 is 1.03 bits per heavy atom. The molecule has 0 saturated carbocycles. The van der Waals surface area contributed by atoms with Crippen molar-refractivity contribution in [3.05, 3.63) is 47.0 Å². The molecule has 3 heterocycles. The highest BCUT2D eigenvalue weighted by Gasteiger charge is 2.34. The summed E-state index contributed by atoms with van der Waals surface area (Å²) in [6.07, 6.45) is -0.690. The smallest absolute Gasteiger partial charge is 0.382 e. The third-order valence-electron chi connectivity index (χ3n) is 6.79. The first-order valence-electron chi connectivity index (χ1n) is 11.4. The molecule has 4 nitrogen and oxygen atoms in total. The Hall–Kier alpha value is -1.90. The lowest BCUT2D eigenvalue weighted by Crippen LogP contribution is -2.41. The third-order valence-corrected chi connectivity index (χ3v) is 7.97. The predicted molar refractivity (Wildman–Crippen MR) is 124 cm³/mol. The number of nitrogens with zero attached hydrogens (tertiary/aromatic N) is 2. The van der Waals surface area contributed by atoms with Gasteiger partial charge in [0, 0.05) is 72.9 Å². The summed E-state index contributed by atoms with van der Waals surface area (Å²) in [5.41, 5.74) is 9.06. The van der Waals surface area contributed by atoms with E-state index in [1.165, 1.54) is 41.6 Å². The molecule has 0 radical (unpaired) electrons. The number of rotatable bonds is 5. The van der Waals surface area contributed by atoms with E-state index in [4.69, 9.17) is 5.73 Å². The lowest BCUT2D eigenvalue weighted by molar-refractivity contribution is -0.137. The summed E-state index contributed by atoms with van der Waals surface area (Å²) in [4.78, 5) is 6.42. The van der Waals surface area contributed by atoms with Crippen LogP contribution in [-0.2, 0) is 12.6 Å². The van der Waals surface area contributed by atoms with Crippen molar-refractivity contribution in [2.24, 2.45) is 5.73 Å². The van der Waals surface area contributed by atoms with Crippen LogP contribution in [0.5, 0.6) is 0 Å². The van der Waals surface area contributed by atoms with E-state index < -0.39 is 11.7 Å². The van der Waals surface area contributed by atoms with E-state index >= 15 is 0 Å². The van der Waals surface area contributed by atoms with Crippen LogP contribution in [0.15, 0.2) is 40.1 Å². The van der Waals surface area contributed by atoms with Crippen molar-refractivity contribution in [1.82, 2.24) is 4.90 Å². The highest BCUT2D eigenvalue weighted by Crippen LogP contribution is 2.46. The van der Waals surface area contributed by atoms with Gasteiger partial charge in [-0.1, -0.05) is 17.8 Å². The SMILES string of the molecule is NCCN1CCC(Nc2cc(C(F)(F)F)cc3c2Cc2ccc(N4CCC4)cc2S3)CC1. The fourth-order valence-corrected chi connectivity index (χ4v) is 5.96. The number of piperidine rings is 1. The van der Waals surface area contributed by atoms with Gasteiger partial charge in [-0.3, -0.25) is 0 Å². The van der Waals surface area contributed by atoms with Crippen LogP contribution in [0.2, 0.25) is 0 Å². The molecule has 172 valence electrons. The number of fused-ring (bicyclic) bond motifs is 2. The molecular formula is C24H29F3N4S. The largest absolute Gasteiger partial charge is 0.416 e. The van der Waals surface area contributed by atoms with Crippen molar-refractivity contribution in [3.8, 4) is 0 Å². The number of nitrogens with one attached hydrogen (secondary N) is 1. The number of hydrogen-bond acceptors (Lipinski definition) is 5. The Morgan fingerprint density at radius 3 is 2.47 bits per heavy atom. The highest BCUT2D eigenvalue weighted by molar-refractivity contribution is 7.99. The first-order valence-corrected chi connectivity index (χ1v) is 12.2. The molecule has 0 aromatic heterocycles. The lowest BCUT2D eigenvalue weighted by atomic mass is 9.97. The van der Waals surface area contributed by atoms with Gasteiger partial charge < -0.3 is 20.9 Å². The topological polar surface area (TPSA) is 44.5 Å². The second-order valence-electron chi connectivity index (χ2n) is 8.96.